The van der Waals surface area contributed by atoms with Crippen LogP contribution >= 0.6 is 0 Å². The number of primary amides is 1. The molecular weight excluding hydrogens is 364 g/mol. The van der Waals surface area contributed by atoms with Crippen LogP contribution in [0.3, 0.4) is 0 Å². The van der Waals surface area contributed by atoms with Crippen LogP contribution in [-0.2, 0) is 18.0 Å². The highest BCUT2D eigenvalue weighted by Crippen LogP contribution is 2.17. The highest BCUT2D eigenvalue weighted by Gasteiger charge is 2.39. The first kappa shape index (κ1) is 21.6. The molecule has 2 amide bonds. The van der Waals surface area contributed by atoms with E-state index in [-0.39, 0.29) is 11.1 Å². The predicted octanol–water partition coefficient (Wildman–Crippen LogP) is 0.806. The summed E-state index contributed by atoms with van der Waals surface area (Å²) >= 11 is 0. The molecule has 1 aromatic rings. The summed E-state index contributed by atoms with van der Waals surface area (Å²) in [5, 5.41) is 11.5. The van der Waals surface area contributed by atoms with Gasteiger partial charge in [-0.2, -0.15) is 0 Å². The lowest BCUT2D eigenvalue weighted by Crippen LogP contribution is -2.45. The number of benzene rings is 1. The molecule has 0 unspecified atom stereocenters. The Labute approximate surface area is 151 Å². The Morgan fingerprint density at radius 1 is 1.15 bits per heavy atom. The van der Waals surface area contributed by atoms with Gasteiger partial charge in [-0.05, 0) is 18.6 Å². The number of carboxylic acid groups (broad SMARTS) is 1. The summed E-state index contributed by atoms with van der Waals surface area (Å²) in [5.41, 5.74) is 4.72. The van der Waals surface area contributed by atoms with Crippen LogP contribution in [0, 0.1) is 0 Å². The molecule has 0 spiro atoms. The lowest BCUT2D eigenvalue weighted by Gasteiger charge is -2.26. The zero-order valence-electron chi connectivity index (χ0n) is 14.5. The number of nitrogens with one attached hydrogen (secondary N) is 1. The normalized spacial score (nSPS) is 11.0. The average molecular weight is 386 g/mol. The summed E-state index contributed by atoms with van der Waals surface area (Å²) in [6, 6.07) is 5.39. The van der Waals surface area contributed by atoms with Crippen molar-refractivity contribution in [3.8, 4) is 0 Å². The first-order valence-corrected chi connectivity index (χ1v) is 9.55. The number of esters is 1. The van der Waals surface area contributed by atoms with E-state index < -0.39 is 33.6 Å². The maximum atomic E-state index is 12.1. The molecule has 0 aliphatic carbocycles. The van der Waals surface area contributed by atoms with E-state index in [9.17, 15) is 14.4 Å². The van der Waals surface area contributed by atoms with Gasteiger partial charge in [-0.1, -0.05) is 12.1 Å². The summed E-state index contributed by atoms with van der Waals surface area (Å²) < 4.78 is 21.1. The van der Waals surface area contributed by atoms with Crippen molar-refractivity contribution in [2.24, 2.45) is 5.73 Å². The van der Waals surface area contributed by atoms with Gasteiger partial charge in [-0.25, -0.2) is 14.4 Å². The Bertz CT molecular complexity index is 636. The van der Waals surface area contributed by atoms with Crippen molar-refractivity contribution in [1.82, 2.24) is 5.32 Å². The number of rotatable bonds is 11. The summed E-state index contributed by atoms with van der Waals surface area (Å²) in [4.78, 5) is 33.9. The van der Waals surface area contributed by atoms with Gasteiger partial charge in [0.15, 0.2) is 6.79 Å². The van der Waals surface area contributed by atoms with Crippen molar-refractivity contribution >= 4 is 26.8 Å². The fraction of sp³-hybridized carbons (Fsp3) is 0.400. The van der Waals surface area contributed by atoms with Crippen LogP contribution in [0.4, 0.5) is 4.79 Å². The summed E-state index contributed by atoms with van der Waals surface area (Å²) in [7, 11) is -0.301. The molecule has 0 aliphatic heterocycles. The van der Waals surface area contributed by atoms with Gasteiger partial charge in [-0.3, -0.25) is 0 Å². The van der Waals surface area contributed by atoms with E-state index in [1.165, 1.54) is 38.5 Å². The number of carbonyl (C=O) groups excluding carboxylic acids is 2. The van der Waals surface area contributed by atoms with Gasteiger partial charge in [0.05, 0.1) is 11.1 Å². The highest BCUT2D eigenvalue weighted by molar-refractivity contribution is 6.60. The van der Waals surface area contributed by atoms with Crippen LogP contribution in [-0.4, -0.2) is 59.4 Å². The maximum absolute atomic E-state index is 12.1. The zero-order valence-corrected chi connectivity index (χ0v) is 15.5. The molecule has 0 saturated heterocycles. The van der Waals surface area contributed by atoms with Crippen LogP contribution in [0.25, 0.3) is 0 Å². The fourth-order valence-electron chi connectivity index (χ4n) is 2.09. The van der Waals surface area contributed by atoms with Crippen LogP contribution in [0.2, 0.25) is 6.04 Å². The molecule has 0 fully saturated rings. The molecule has 144 valence electrons. The molecule has 26 heavy (non-hydrogen) atoms. The van der Waals surface area contributed by atoms with Crippen molar-refractivity contribution in [2.45, 2.75) is 12.5 Å². The SMILES string of the molecule is CO[Si](CCCNC(N)=O)(OC)OCOC(=O)c1ccccc1C(=O)O. The number of hydrogen-bond acceptors (Lipinski definition) is 7. The van der Waals surface area contributed by atoms with E-state index in [1.54, 1.807) is 0 Å². The van der Waals surface area contributed by atoms with E-state index in [4.69, 9.17) is 28.9 Å². The zero-order chi connectivity index (χ0) is 19.6. The average Bonchev–Trinajstić information content (AvgIpc) is 2.63. The molecule has 10 nitrogen and oxygen atoms in total. The Hall–Kier alpha value is -2.47. The number of aromatic carboxylic acids is 1. The molecule has 0 heterocycles. The monoisotopic (exact) mass is 386 g/mol. The molecule has 11 heteroatoms. The Morgan fingerprint density at radius 3 is 2.31 bits per heavy atom. The Morgan fingerprint density at radius 2 is 1.77 bits per heavy atom. The molecule has 1 aromatic carbocycles. The fourth-order valence-corrected chi connectivity index (χ4v) is 3.90. The maximum Gasteiger partial charge on any atom is 0.503 e. The quantitative estimate of drug-likeness (QED) is 0.219. The third-order valence-corrected chi connectivity index (χ3v) is 6.19. The molecule has 0 atom stereocenters. The largest absolute Gasteiger partial charge is 0.503 e. The third kappa shape index (κ3) is 6.44. The van der Waals surface area contributed by atoms with Gasteiger partial charge < -0.3 is 34.2 Å². The van der Waals surface area contributed by atoms with E-state index in [0.717, 1.165) is 0 Å². The van der Waals surface area contributed by atoms with Crippen LogP contribution in [0.15, 0.2) is 24.3 Å². The van der Waals surface area contributed by atoms with Crippen molar-refractivity contribution in [3.05, 3.63) is 35.4 Å². The van der Waals surface area contributed by atoms with E-state index in [1.807, 2.05) is 0 Å². The Balaban J connectivity index is 2.60. The van der Waals surface area contributed by atoms with Gasteiger partial charge in [0.1, 0.15) is 0 Å². The number of carboxylic acids is 1. The Kier molecular flexibility index (Phi) is 8.71. The van der Waals surface area contributed by atoms with Crippen molar-refractivity contribution in [1.29, 1.82) is 0 Å². The smallest absolute Gasteiger partial charge is 0.478 e. The van der Waals surface area contributed by atoms with Crippen molar-refractivity contribution < 1.29 is 37.5 Å². The topological polar surface area (TPSA) is 146 Å². The van der Waals surface area contributed by atoms with Gasteiger partial charge in [0.25, 0.3) is 0 Å². The second-order valence-corrected chi connectivity index (χ2v) is 8.00. The molecule has 4 N–H and O–H groups in total. The van der Waals surface area contributed by atoms with Gasteiger partial charge in [0, 0.05) is 26.8 Å². The first-order chi connectivity index (χ1) is 12.3. The molecule has 0 radical (unpaired) electrons. The van der Waals surface area contributed by atoms with E-state index in [0.29, 0.717) is 19.0 Å². The van der Waals surface area contributed by atoms with Crippen molar-refractivity contribution in [3.63, 3.8) is 0 Å². The second kappa shape index (κ2) is 10.5. The van der Waals surface area contributed by atoms with Crippen LogP contribution in [0.1, 0.15) is 27.1 Å². The number of carbonyl (C=O) groups is 3. The first-order valence-electron chi connectivity index (χ1n) is 7.62. The van der Waals surface area contributed by atoms with Crippen LogP contribution < -0.4 is 11.1 Å². The molecule has 0 bridgehead atoms. The van der Waals surface area contributed by atoms with Gasteiger partial charge in [-0.15, -0.1) is 0 Å². The highest BCUT2D eigenvalue weighted by atomic mass is 28.4. The summed E-state index contributed by atoms with van der Waals surface area (Å²) in [6.45, 7) is -0.157. The van der Waals surface area contributed by atoms with Gasteiger partial charge in [0.2, 0.25) is 0 Å². The third-order valence-electron chi connectivity index (χ3n) is 3.43. The lowest BCUT2D eigenvalue weighted by molar-refractivity contribution is -0.0166. The number of ether oxygens (including phenoxy) is 1. The lowest BCUT2D eigenvalue weighted by atomic mass is 10.1. The molecule has 0 aliphatic rings. The summed E-state index contributed by atoms with van der Waals surface area (Å²) in [6.07, 6.45) is 0.479. The molecular formula is C15H22N2O8Si. The second-order valence-electron chi connectivity index (χ2n) is 5.03. The molecule has 0 aromatic heterocycles. The van der Waals surface area contributed by atoms with Crippen molar-refractivity contribution in [2.75, 3.05) is 27.6 Å². The molecule has 0 saturated carbocycles. The minimum atomic E-state index is -3.10. The predicted molar refractivity (Wildman–Crippen MR) is 91.6 cm³/mol. The standard InChI is InChI=1S/C15H22N2O8Si/c1-22-26(23-2,9-5-8-17-15(16)21)25-10-24-14(20)12-7-4-3-6-11(12)13(18)19/h3-4,6-7H,5,8-10H2,1-2H3,(H,18,19)(H3,16,17,21). The number of urea groups is 1. The number of nitrogens with two attached hydrogens (primary N) is 1. The summed E-state index contributed by atoms with van der Waals surface area (Å²) in [5.74, 6) is -2.08. The number of hydrogen-bond donors (Lipinski definition) is 3. The number of amides is 2. The minimum Gasteiger partial charge on any atom is -0.478 e. The van der Waals surface area contributed by atoms with Crippen LogP contribution in [0.5, 0.6) is 0 Å². The van der Waals surface area contributed by atoms with Gasteiger partial charge >= 0.3 is 26.8 Å². The van der Waals surface area contributed by atoms with E-state index >= 15 is 0 Å². The minimum absolute atomic E-state index is 0.0867. The molecule has 1 rings (SSSR count). The van der Waals surface area contributed by atoms with E-state index in [2.05, 4.69) is 5.32 Å².